The van der Waals surface area contributed by atoms with E-state index in [1.165, 1.54) is 4.90 Å². The Labute approximate surface area is 264 Å². The molecule has 1 aromatic heterocycles. The molecule has 0 unspecified atom stereocenters. The van der Waals surface area contributed by atoms with Gasteiger partial charge in [-0.1, -0.05) is 87.4 Å². The van der Waals surface area contributed by atoms with Gasteiger partial charge in [0.25, 0.3) is 5.91 Å². The van der Waals surface area contributed by atoms with E-state index in [4.69, 9.17) is 11.5 Å². The number of carbonyl (C=O) groups excluding carboxylic acids is 3. The molecule has 9 heteroatoms. The highest BCUT2D eigenvalue weighted by atomic mass is 16.4. The first-order valence-corrected chi connectivity index (χ1v) is 15.8. The number of hydrogen-bond acceptors (Lipinski definition) is 5. The molecule has 2 amide bonds. The lowest BCUT2D eigenvalue weighted by Crippen LogP contribution is -2.62. The maximum absolute atomic E-state index is 14.6. The number of para-hydroxylation sites is 1. The van der Waals surface area contributed by atoms with E-state index in [2.05, 4.69) is 24.3 Å². The summed E-state index contributed by atoms with van der Waals surface area (Å²) in [4.78, 5) is 54.1. The molecule has 9 nitrogen and oxygen atoms in total. The van der Waals surface area contributed by atoms with Gasteiger partial charge in [-0.2, -0.15) is 0 Å². The number of aromatic nitrogens is 1. The zero-order valence-electron chi connectivity index (χ0n) is 26.2. The van der Waals surface area contributed by atoms with Gasteiger partial charge in [-0.05, 0) is 48.1 Å². The summed E-state index contributed by atoms with van der Waals surface area (Å²) < 4.78 is 1.99. The molecule has 0 aliphatic rings. The number of fused-ring (bicyclic) bond motifs is 2. The van der Waals surface area contributed by atoms with Gasteiger partial charge in [0.2, 0.25) is 5.91 Å². The van der Waals surface area contributed by atoms with Crippen molar-refractivity contribution >= 4 is 45.2 Å². The molecule has 0 radical (unpaired) electrons. The molecule has 45 heavy (non-hydrogen) atoms. The zero-order valence-corrected chi connectivity index (χ0v) is 26.2. The predicted molar refractivity (Wildman–Crippen MR) is 177 cm³/mol. The van der Waals surface area contributed by atoms with Crippen molar-refractivity contribution in [2.75, 3.05) is 6.54 Å². The number of rotatable bonds is 17. The monoisotopic (exact) mass is 612 g/mol. The van der Waals surface area contributed by atoms with Gasteiger partial charge < -0.3 is 26.0 Å². The van der Waals surface area contributed by atoms with Crippen molar-refractivity contribution in [2.45, 2.75) is 83.3 Å². The Hall–Kier alpha value is -4.50. The second kappa shape index (κ2) is 15.0. The molecule has 238 valence electrons. The minimum absolute atomic E-state index is 0.0351. The molecule has 4 aromatic rings. The summed E-state index contributed by atoms with van der Waals surface area (Å²) in [7, 11) is 0. The van der Waals surface area contributed by atoms with E-state index in [0.717, 1.165) is 34.7 Å². The highest BCUT2D eigenvalue weighted by molar-refractivity contribution is 6.22. The molecule has 0 aliphatic heterocycles. The number of benzene rings is 3. The fourth-order valence-corrected chi connectivity index (χ4v) is 6.24. The van der Waals surface area contributed by atoms with Gasteiger partial charge in [-0.3, -0.25) is 19.2 Å². The van der Waals surface area contributed by atoms with Crippen LogP contribution in [0, 0.1) is 0 Å². The maximum atomic E-state index is 14.6. The largest absolute Gasteiger partial charge is 0.481 e. The van der Waals surface area contributed by atoms with Crippen molar-refractivity contribution in [3.8, 4) is 0 Å². The molecule has 4 rings (SSSR count). The molecular weight excluding hydrogens is 568 g/mol. The number of primary amides is 1. The Morgan fingerprint density at radius 2 is 1.60 bits per heavy atom. The lowest BCUT2D eigenvalue weighted by molar-refractivity contribution is -0.140. The number of unbranched alkanes of at least 4 members (excludes halogenated alkanes) is 1. The number of carboxylic acid groups (broad SMARTS) is 1. The van der Waals surface area contributed by atoms with Crippen molar-refractivity contribution in [2.24, 2.45) is 11.5 Å². The molecule has 0 aliphatic carbocycles. The van der Waals surface area contributed by atoms with Gasteiger partial charge in [-0.25, -0.2) is 0 Å². The van der Waals surface area contributed by atoms with E-state index >= 15 is 0 Å². The number of nitrogens with two attached hydrogens (primary N) is 2. The van der Waals surface area contributed by atoms with Crippen LogP contribution in [0.25, 0.3) is 21.7 Å². The van der Waals surface area contributed by atoms with Crippen LogP contribution in [0.15, 0.2) is 72.9 Å². The van der Waals surface area contributed by atoms with Crippen LogP contribution in [0.5, 0.6) is 0 Å². The van der Waals surface area contributed by atoms with Crippen LogP contribution in [-0.2, 0) is 20.9 Å². The molecule has 2 atom stereocenters. The Morgan fingerprint density at radius 1 is 0.911 bits per heavy atom. The molecule has 0 fully saturated rings. The summed E-state index contributed by atoms with van der Waals surface area (Å²) in [5.41, 5.74) is 12.6. The molecule has 0 spiro atoms. The number of hydrogen-bond donors (Lipinski definition) is 3. The maximum Gasteiger partial charge on any atom is 0.303 e. The first-order valence-electron chi connectivity index (χ1n) is 15.8. The fourth-order valence-electron chi connectivity index (χ4n) is 6.24. The summed E-state index contributed by atoms with van der Waals surface area (Å²) in [6, 6.07) is 21.2. The van der Waals surface area contributed by atoms with E-state index in [0.29, 0.717) is 30.3 Å². The van der Waals surface area contributed by atoms with E-state index < -0.39 is 35.1 Å². The lowest BCUT2D eigenvalue weighted by Gasteiger charge is -2.38. The quantitative estimate of drug-likeness (QED) is 0.104. The highest BCUT2D eigenvalue weighted by Crippen LogP contribution is 2.31. The third-order valence-corrected chi connectivity index (χ3v) is 8.50. The summed E-state index contributed by atoms with van der Waals surface area (Å²) >= 11 is 0. The Bertz CT molecular complexity index is 1670. The average Bonchev–Trinajstić information content (AvgIpc) is 3.39. The van der Waals surface area contributed by atoms with Crippen LogP contribution in [0.1, 0.15) is 81.1 Å². The van der Waals surface area contributed by atoms with E-state index in [1.807, 2.05) is 60.9 Å². The first-order chi connectivity index (χ1) is 21.6. The SMILES string of the molecule is CCCC[C@@H](CC(N)=O)N(CCC)C(=O)[C@](N)(CCCC(=O)O)C(=O)c1cn(Cc2cccc3ccccc23)c2ccccc12. The summed E-state index contributed by atoms with van der Waals surface area (Å²) in [6.07, 6.45) is 4.08. The van der Waals surface area contributed by atoms with Gasteiger partial charge in [-0.15, -0.1) is 0 Å². The van der Waals surface area contributed by atoms with Crippen molar-refractivity contribution in [3.63, 3.8) is 0 Å². The van der Waals surface area contributed by atoms with Gasteiger partial charge in [0.05, 0.1) is 0 Å². The Kier molecular flexibility index (Phi) is 11.1. The second-order valence-corrected chi connectivity index (χ2v) is 11.8. The number of amides is 2. The topological polar surface area (TPSA) is 149 Å². The molecule has 3 aromatic carbocycles. The van der Waals surface area contributed by atoms with Gasteiger partial charge >= 0.3 is 5.97 Å². The molecule has 1 heterocycles. The molecule has 5 N–H and O–H groups in total. The predicted octanol–water partition coefficient (Wildman–Crippen LogP) is 5.65. The van der Waals surface area contributed by atoms with Gasteiger partial charge in [0.15, 0.2) is 11.3 Å². The van der Waals surface area contributed by atoms with Crippen molar-refractivity contribution in [3.05, 3.63) is 84.1 Å². The first kappa shape index (κ1) is 33.4. The highest BCUT2D eigenvalue weighted by Gasteiger charge is 2.46. The number of Topliss-reactive ketones (excluding diaryl/α,β-unsaturated/α-hetero) is 1. The van der Waals surface area contributed by atoms with E-state index in [-0.39, 0.29) is 32.2 Å². The van der Waals surface area contributed by atoms with Gasteiger partial charge in [0, 0.05) is 54.6 Å². The zero-order chi connectivity index (χ0) is 32.6. The van der Waals surface area contributed by atoms with Crippen LogP contribution >= 0.6 is 0 Å². The van der Waals surface area contributed by atoms with E-state index in [9.17, 15) is 24.3 Å². The number of carboxylic acids is 1. The normalized spacial score (nSPS) is 13.4. The minimum Gasteiger partial charge on any atom is -0.481 e. The number of nitrogens with zero attached hydrogens (tertiary/aromatic N) is 2. The number of aliphatic carboxylic acids is 1. The van der Waals surface area contributed by atoms with Crippen LogP contribution in [0.2, 0.25) is 0 Å². The van der Waals surface area contributed by atoms with Crippen LogP contribution in [0.4, 0.5) is 0 Å². The standard InChI is InChI=1S/C36H44N4O5/c1-3-5-15-27(22-32(37)41)40(21-4-2)35(45)36(38,20-11-19-33(42)43)34(44)30-24-39(31-18-9-8-17-29(30)31)23-26-14-10-13-25-12-6-7-16-28(25)26/h6-10,12-14,16-18,24,27H,3-5,11,15,19-23,38H2,1-2H3,(H2,37,41)(H,42,43)/t27-,36-/m0/s1. The summed E-state index contributed by atoms with van der Waals surface area (Å²) in [5, 5.41) is 12.2. The van der Waals surface area contributed by atoms with Gasteiger partial charge in [0.1, 0.15) is 0 Å². The Morgan fingerprint density at radius 3 is 2.29 bits per heavy atom. The summed E-state index contributed by atoms with van der Waals surface area (Å²) in [5.74, 6) is -2.75. The lowest BCUT2D eigenvalue weighted by atomic mass is 9.83. The average molecular weight is 613 g/mol. The smallest absolute Gasteiger partial charge is 0.303 e. The summed E-state index contributed by atoms with van der Waals surface area (Å²) in [6.45, 7) is 4.70. The number of ketones is 1. The third kappa shape index (κ3) is 7.60. The van der Waals surface area contributed by atoms with Crippen LogP contribution in [-0.4, -0.2) is 56.3 Å². The van der Waals surface area contributed by atoms with Crippen molar-refractivity contribution < 1.29 is 24.3 Å². The molecule has 0 bridgehead atoms. The Balaban J connectivity index is 1.80. The minimum atomic E-state index is -2.04. The number of carbonyl (C=O) groups is 4. The third-order valence-electron chi connectivity index (χ3n) is 8.50. The molecular formula is C36H44N4O5. The molecule has 0 saturated heterocycles. The van der Waals surface area contributed by atoms with Crippen molar-refractivity contribution in [1.82, 2.24) is 9.47 Å². The van der Waals surface area contributed by atoms with Crippen molar-refractivity contribution in [1.29, 1.82) is 0 Å². The van der Waals surface area contributed by atoms with Crippen LogP contribution in [0.3, 0.4) is 0 Å². The van der Waals surface area contributed by atoms with Crippen LogP contribution < -0.4 is 11.5 Å². The second-order valence-electron chi connectivity index (χ2n) is 11.8. The van der Waals surface area contributed by atoms with E-state index in [1.54, 1.807) is 6.20 Å². The molecule has 0 saturated carbocycles. The fraction of sp³-hybridized carbons (Fsp3) is 0.389.